The summed E-state index contributed by atoms with van der Waals surface area (Å²) in [5, 5.41) is 32.3. The predicted octanol–water partition coefficient (Wildman–Crippen LogP) is 2.16. The second-order valence-electron chi connectivity index (χ2n) is 9.44. The number of nitrogens with one attached hydrogen (secondary N) is 2. The van der Waals surface area contributed by atoms with Crippen LogP contribution in [0.5, 0.6) is 0 Å². The Bertz CT molecular complexity index is 1510. The highest BCUT2D eigenvalue weighted by atomic mass is 79.9. The Labute approximate surface area is 242 Å². The fraction of sp³-hybridized carbons (Fsp3) is 0.375. The lowest BCUT2D eigenvalue weighted by atomic mass is 9.91. The Hall–Kier alpha value is -2.01. The number of benzene rings is 1. The average Bonchev–Trinajstić information content (AvgIpc) is 3.41. The van der Waals surface area contributed by atoms with Crippen molar-refractivity contribution in [1.82, 2.24) is 15.3 Å². The highest BCUT2D eigenvalue weighted by Gasteiger charge is 2.42. The number of aromatic nitrogens is 2. The molecule has 2 aromatic heterocycles. The molecule has 0 saturated heterocycles. The van der Waals surface area contributed by atoms with Crippen LogP contribution in [0, 0.1) is 5.92 Å². The van der Waals surface area contributed by atoms with Crippen LogP contribution in [0.3, 0.4) is 0 Å². The van der Waals surface area contributed by atoms with E-state index >= 15 is 0 Å². The number of hydrogen-bond donors (Lipinski definition) is 5. The topological polar surface area (TPSA) is 177 Å². The van der Waals surface area contributed by atoms with Crippen LogP contribution in [0.4, 0.5) is 5.82 Å². The number of anilines is 1. The molecule has 0 radical (unpaired) electrons. The van der Waals surface area contributed by atoms with Gasteiger partial charge in [-0.05, 0) is 42.2 Å². The molecule has 5 rings (SSSR count). The van der Waals surface area contributed by atoms with E-state index in [0.717, 1.165) is 39.9 Å². The maximum Gasteiger partial charge on any atom is 0.333 e. The van der Waals surface area contributed by atoms with Crippen LogP contribution in [-0.2, 0) is 20.9 Å². The molecule has 5 atom stereocenters. The van der Waals surface area contributed by atoms with Crippen LogP contribution in [0.2, 0.25) is 4.34 Å². The summed E-state index contributed by atoms with van der Waals surface area (Å²) >= 11 is 11.3. The highest BCUT2D eigenvalue weighted by Crippen LogP contribution is 2.39. The Balaban J connectivity index is 1.37. The molecular formula is C24H25BrClN5O6S2. The quantitative estimate of drug-likeness (QED) is 0.226. The van der Waals surface area contributed by atoms with Crippen LogP contribution < -0.4 is 15.8 Å². The number of carbonyl (C=O) groups is 1. The van der Waals surface area contributed by atoms with Crippen LogP contribution in [-0.4, -0.2) is 65.8 Å². The van der Waals surface area contributed by atoms with Crippen molar-refractivity contribution >= 4 is 60.8 Å². The first-order chi connectivity index (χ1) is 18.5. The number of halogens is 2. The van der Waals surface area contributed by atoms with Crippen LogP contribution >= 0.6 is 38.9 Å². The summed E-state index contributed by atoms with van der Waals surface area (Å²) in [5.41, 5.74) is 3.26. The second-order valence-corrected chi connectivity index (χ2v) is 13.2. The third-order valence-electron chi connectivity index (χ3n) is 6.94. The SMILES string of the molecule is NS(=O)(=O)OC[C@H]1C[C@@H](Nc2ncncc2C(=O)c2cc(C3NCCc4ccc(Br)cc43)c(Cl)s2)[C@H](O)[C@@H]1O. The molecule has 1 aromatic carbocycles. The highest BCUT2D eigenvalue weighted by molar-refractivity contribution is 9.10. The molecular weight excluding hydrogens is 634 g/mol. The minimum Gasteiger partial charge on any atom is -0.390 e. The van der Waals surface area contributed by atoms with Gasteiger partial charge in [-0.2, -0.15) is 8.42 Å². The van der Waals surface area contributed by atoms with Crippen LogP contribution in [0.1, 0.15) is 44.4 Å². The normalized spacial score (nSPS) is 24.9. The third kappa shape index (κ3) is 6.19. The first-order valence-electron chi connectivity index (χ1n) is 12.0. The number of carbonyl (C=O) groups excluding carboxylic acids is 1. The van der Waals surface area contributed by atoms with Gasteiger partial charge in [0, 0.05) is 28.7 Å². The Kier molecular flexibility index (Phi) is 8.38. The molecule has 1 unspecified atom stereocenters. The van der Waals surface area contributed by atoms with E-state index in [-0.39, 0.29) is 29.6 Å². The van der Waals surface area contributed by atoms with Gasteiger partial charge >= 0.3 is 10.3 Å². The molecule has 208 valence electrons. The molecule has 1 aliphatic heterocycles. The van der Waals surface area contributed by atoms with Crippen molar-refractivity contribution in [3.8, 4) is 0 Å². The van der Waals surface area contributed by atoms with Gasteiger partial charge < -0.3 is 20.8 Å². The van der Waals surface area contributed by atoms with E-state index in [1.165, 1.54) is 18.1 Å². The van der Waals surface area contributed by atoms with E-state index in [1.54, 1.807) is 6.07 Å². The number of rotatable bonds is 8. The first kappa shape index (κ1) is 28.5. The van der Waals surface area contributed by atoms with Crippen molar-refractivity contribution in [3.63, 3.8) is 0 Å². The lowest BCUT2D eigenvalue weighted by Gasteiger charge is -2.27. The minimum absolute atomic E-state index is 0.146. The van der Waals surface area contributed by atoms with Crippen molar-refractivity contribution < 1.29 is 27.6 Å². The van der Waals surface area contributed by atoms with Gasteiger partial charge in [-0.1, -0.05) is 33.6 Å². The van der Waals surface area contributed by atoms with Gasteiger partial charge in [0.1, 0.15) is 18.2 Å². The molecule has 0 spiro atoms. The minimum atomic E-state index is -4.20. The number of aliphatic hydroxyl groups is 2. The van der Waals surface area contributed by atoms with E-state index in [4.69, 9.17) is 16.7 Å². The number of fused-ring (bicyclic) bond motifs is 1. The third-order valence-corrected chi connectivity index (χ3v) is 9.28. The molecule has 11 nitrogen and oxygen atoms in total. The molecule has 1 saturated carbocycles. The van der Waals surface area contributed by atoms with Crippen LogP contribution in [0.25, 0.3) is 0 Å². The van der Waals surface area contributed by atoms with Gasteiger partial charge in [0.2, 0.25) is 5.78 Å². The number of aliphatic hydroxyl groups excluding tert-OH is 2. The zero-order valence-electron chi connectivity index (χ0n) is 20.3. The fourth-order valence-corrected chi connectivity index (χ4v) is 7.06. The fourth-order valence-electron chi connectivity index (χ4n) is 5.03. The van der Waals surface area contributed by atoms with Gasteiger partial charge in [0.25, 0.3) is 0 Å². The van der Waals surface area contributed by atoms with Gasteiger partial charge in [-0.3, -0.25) is 8.98 Å². The number of thiophene rings is 1. The molecule has 0 amide bonds. The molecule has 0 bridgehead atoms. The molecule has 1 fully saturated rings. The van der Waals surface area contributed by atoms with E-state index in [0.29, 0.717) is 9.21 Å². The molecule has 3 aromatic rings. The van der Waals surface area contributed by atoms with Gasteiger partial charge in [0.05, 0.1) is 39.6 Å². The van der Waals surface area contributed by atoms with E-state index < -0.39 is 41.1 Å². The average molecular weight is 659 g/mol. The van der Waals surface area contributed by atoms with Crippen molar-refractivity contribution in [3.05, 3.63) is 72.7 Å². The Morgan fingerprint density at radius 2 is 2.08 bits per heavy atom. The zero-order chi connectivity index (χ0) is 27.9. The van der Waals surface area contributed by atoms with Crippen molar-refractivity contribution in [1.29, 1.82) is 0 Å². The standard InChI is InChI=1S/C24H25BrClN5O6S2/c25-13-2-1-11-3-4-29-19(14(11)6-13)15-7-18(38-23(15)26)21(33)16-8-28-10-30-24(16)31-17-5-12(20(32)22(17)34)9-37-39(27,35)36/h1-2,6-8,10,12,17,19-20,22,29,32,34H,3-5,9H2,(H2,27,35,36)(H,28,30,31)/t12-,17-,19?,20-,22+/m1/s1. The molecule has 15 heteroatoms. The molecule has 39 heavy (non-hydrogen) atoms. The zero-order valence-corrected chi connectivity index (χ0v) is 24.2. The molecule has 6 N–H and O–H groups in total. The Morgan fingerprint density at radius 3 is 2.85 bits per heavy atom. The summed E-state index contributed by atoms with van der Waals surface area (Å²) in [7, 11) is -4.20. The lowest BCUT2D eigenvalue weighted by Crippen LogP contribution is -2.36. The van der Waals surface area contributed by atoms with Gasteiger partial charge in [-0.15, -0.1) is 11.3 Å². The summed E-state index contributed by atoms with van der Waals surface area (Å²) in [4.78, 5) is 22.2. The van der Waals surface area contributed by atoms with Gasteiger partial charge in [0.15, 0.2) is 0 Å². The smallest absolute Gasteiger partial charge is 0.333 e. The van der Waals surface area contributed by atoms with E-state index in [1.807, 2.05) is 6.07 Å². The van der Waals surface area contributed by atoms with E-state index in [2.05, 4.69) is 52.8 Å². The first-order valence-corrected chi connectivity index (χ1v) is 15.4. The van der Waals surface area contributed by atoms with Crippen LogP contribution in [0.15, 0.2) is 41.3 Å². The number of nitrogens with two attached hydrogens (primary N) is 1. The summed E-state index contributed by atoms with van der Waals surface area (Å²) in [6.45, 7) is 0.379. The van der Waals surface area contributed by atoms with Crippen molar-refractivity contribution in [2.24, 2.45) is 11.1 Å². The number of hydrogen-bond acceptors (Lipinski definition) is 11. The van der Waals surface area contributed by atoms with Crippen molar-refractivity contribution in [2.45, 2.75) is 37.1 Å². The van der Waals surface area contributed by atoms with Gasteiger partial charge in [-0.25, -0.2) is 15.1 Å². The summed E-state index contributed by atoms with van der Waals surface area (Å²) in [5.74, 6) is -0.902. The number of nitrogens with zero attached hydrogens (tertiary/aromatic N) is 2. The summed E-state index contributed by atoms with van der Waals surface area (Å²) in [6, 6.07) is 7.00. The maximum atomic E-state index is 13.6. The lowest BCUT2D eigenvalue weighted by molar-refractivity contribution is 0.00778. The summed E-state index contributed by atoms with van der Waals surface area (Å²) < 4.78 is 28.3. The number of ketones is 1. The second kappa shape index (κ2) is 11.5. The Morgan fingerprint density at radius 1 is 1.28 bits per heavy atom. The monoisotopic (exact) mass is 657 g/mol. The molecule has 1 aliphatic carbocycles. The van der Waals surface area contributed by atoms with E-state index in [9.17, 15) is 23.4 Å². The summed E-state index contributed by atoms with van der Waals surface area (Å²) in [6.07, 6.45) is 1.13. The molecule has 2 aliphatic rings. The predicted molar refractivity (Wildman–Crippen MR) is 149 cm³/mol. The molecule has 3 heterocycles. The maximum absolute atomic E-state index is 13.6. The largest absolute Gasteiger partial charge is 0.390 e. The van der Waals surface area contributed by atoms with Crippen molar-refractivity contribution in [2.75, 3.05) is 18.5 Å².